The highest BCUT2D eigenvalue weighted by Crippen LogP contribution is 2.29. The molecular weight excluding hydrogens is 514 g/mol. The van der Waals surface area contributed by atoms with Crippen LogP contribution in [0.2, 0.25) is 0 Å². The Kier molecular flexibility index (Phi) is 8.00. The number of hydrogen-bond acceptors (Lipinski definition) is 5. The monoisotopic (exact) mass is 547 g/mol. The van der Waals surface area contributed by atoms with Crippen LogP contribution >= 0.6 is 0 Å². The van der Waals surface area contributed by atoms with E-state index in [9.17, 15) is 0 Å². The van der Waals surface area contributed by atoms with Crippen LogP contribution in [0.1, 0.15) is 0 Å². The van der Waals surface area contributed by atoms with Gasteiger partial charge in [0.05, 0.1) is 0 Å². The zero-order valence-electron chi connectivity index (χ0n) is 23.5. The van der Waals surface area contributed by atoms with Crippen LogP contribution in [0.3, 0.4) is 0 Å². The highest BCUT2D eigenvalue weighted by molar-refractivity contribution is 5.71. The summed E-state index contributed by atoms with van der Waals surface area (Å²) in [5.41, 5.74) is 10.7. The van der Waals surface area contributed by atoms with Crippen molar-refractivity contribution in [2.75, 3.05) is 33.2 Å². The summed E-state index contributed by atoms with van der Waals surface area (Å²) in [5, 5.41) is 13.8. The van der Waals surface area contributed by atoms with Gasteiger partial charge in [-0.3, -0.25) is 0 Å². The van der Waals surface area contributed by atoms with Crippen LogP contribution in [0.5, 0.6) is 0 Å². The number of benzene rings is 6. The largest absolute Gasteiger partial charge is 0.356 e. The maximum atomic E-state index is 3.49. The molecule has 5 heteroatoms. The summed E-state index contributed by atoms with van der Waals surface area (Å²) >= 11 is 0. The third-order valence-electron chi connectivity index (χ3n) is 6.98. The van der Waals surface area contributed by atoms with Crippen molar-refractivity contribution < 1.29 is 0 Å². The number of nitrogens with one attached hydrogen (secondary N) is 4. The lowest BCUT2D eigenvalue weighted by atomic mass is 10.2. The van der Waals surface area contributed by atoms with E-state index in [1.807, 2.05) is 36.4 Å². The number of nitrogens with zero attached hydrogens (tertiary/aromatic N) is 1. The molecule has 0 saturated heterocycles. The predicted octanol–water partition coefficient (Wildman–Crippen LogP) is 10.4. The number of rotatable bonds is 10. The summed E-state index contributed by atoms with van der Waals surface area (Å²) < 4.78 is 0. The maximum Gasteiger partial charge on any atom is 0.0409 e. The Bertz CT molecular complexity index is 1550. The normalized spacial score (nSPS) is 10.5. The van der Waals surface area contributed by atoms with Crippen LogP contribution < -0.4 is 26.2 Å². The first-order valence-electron chi connectivity index (χ1n) is 14.0. The fourth-order valence-corrected chi connectivity index (χ4v) is 4.67. The van der Waals surface area contributed by atoms with Gasteiger partial charge in [0.1, 0.15) is 0 Å². The first kappa shape index (κ1) is 26.5. The van der Waals surface area contributed by atoms with Crippen molar-refractivity contribution in [3.05, 3.63) is 158 Å². The minimum absolute atomic E-state index is 1.04. The van der Waals surface area contributed by atoms with E-state index in [-0.39, 0.29) is 0 Å². The molecule has 0 spiro atoms. The van der Waals surface area contributed by atoms with Crippen molar-refractivity contribution in [1.29, 1.82) is 0 Å². The zero-order valence-corrected chi connectivity index (χ0v) is 23.5. The van der Waals surface area contributed by atoms with Crippen molar-refractivity contribution in [3.8, 4) is 0 Å². The second-order valence-electron chi connectivity index (χ2n) is 10.0. The SMILES string of the molecule is CN(c1ccc(Nc2ccc(Nc3ccccc3)cc2)cc1)c1ccc(Nc2ccc(Nc3ccccc3)cc2)cc1. The van der Waals surface area contributed by atoms with Crippen molar-refractivity contribution in [3.63, 3.8) is 0 Å². The van der Waals surface area contributed by atoms with Crippen LogP contribution in [0.4, 0.5) is 56.9 Å². The number of hydrogen-bond donors (Lipinski definition) is 4. The Balaban J connectivity index is 1.02. The van der Waals surface area contributed by atoms with Gasteiger partial charge in [0.15, 0.2) is 0 Å². The molecular formula is C37H33N5. The molecule has 0 radical (unpaired) electrons. The third-order valence-corrected chi connectivity index (χ3v) is 6.98. The van der Waals surface area contributed by atoms with Gasteiger partial charge in [-0.05, 0) is 121 Å². The lowest BCUT2D eigenvalue weighted by Crippen LogP contribution is -2.09. The molecule has 0 aliphatic rings. The quantitative estimate of drug-likeness (QED) is 0.137. The van der Waals surface area contributed by atoms with E-state index in [0.29, 0.717) is 0 Å². The van der Waals surface area contributed by atoms with E-state index in [1.165, 1.54) is 0 Å². The predicted molar refractivity (Wildman–Crippen MR) is 180 cm³/mol. The summed E-state index contributed by atoms with van der Waals surface area (Å²) in [6.07, 6.45) is 0. The van der Waals surface area contributed by atoms with E-state index >= 15 is 0 Å². The zero-order chi connectivity index (χ0) is 28.6. The van der Waals surface area contributed by atoms with Gasteiger partial charge in [-0.1, -0.05) is 36.4 Å². The lowest BCUT2D eigenvalue weighted by Gasteiger charge is -2.20. The molecule has 0 amide bonds. The highest BCUT2D eigenvalue weighted by atomic mass is 15.1. The first-order chi connectivity index (χ1) is 20.7. The Morgan fingerprint density at radius 2 is 0.500 bits per heavy atom. The molecule has 6 rings (SSSR count). The molecule has 5 nitrogen and oxygen atoms in total. The van der Waals surface area contributed by atoms with E-state index in [1.54, 1.807) is 0 Å². The smallest absolute Gasteiger partial charge is 0.0409 e. The molecule has 0 fully saturated rings. The summed E-state index contributed by atoms with van der Waals surface area (Å²) in [7, 11) is 2.09. The lowest BCUT2D eigenvalue weighted by molar-refractivity contribution is 1.21. The molecule has 6 aromatic carbocycles. The maximum absolute atomic E-state index is 3.49. The molecule has 6 aromatic rings. The standard InChI is InChI=1S/C37H33N5/c1-42(36-24-20-34(21-25-36)40-32-16-12-30(13-17-32)38-28-8-4-2-5-9-28)37-26-22-35(23-27-37)41-33-18-14-31(15-19-33)39-29-10-6-3-7-11-29/h2-27,38-41H,1H3. The van der Waals surface area contributed by atoms with Crippen molar-refractivity contribution in [2.45, 2.75) is 0 Å². The molecule has 0 aromatic heterocycles. The molecule has 0 saturated carbocycles. The van der Waals surface area contributed by atoms with Crippen LogP contribution in [0.15, 0.2) is 158 Å². The fourth-order valence-electron chi connectivity index (χ4n) is 4.67. The highest BCUT2D eigenvalue weighted by Gasteiger charge is 2.06. The van der Waals surface area contributed by atoms with Gasteiger partial charge in [0.2, 0.25) is 0 Å². The van der Waals surface area contributed by atoms with E-state index in [4.69, 9.17) is 0 Å². The van der Waals surface area contributed by atoms with Gasteiger partial charge in [-0.15, -0.1) is 0 Å². The van der Waals surface area contributed by atoms with E-state index in [2.05, 4.69) is 155 Å². The van der Waals surface area contributed by atoms with Gasteiger partial charge < -0.3 is 26.2 Å². The van der Waals surface area contributed by atoms with E-state index < -0.39 is 0 Å². The van der Waals surface area contributed by atoms with Gasteiger partial charge in [0, 0.05) is 63.9 Å². The number of para-hydroxylation sites is 2. The molecule has 0 aliphatic heterocycles. The second kappa shape index (κ2) is 12.7. The molecule has 0 heterocycles. The molecule has 0 unspecified atom stereocenters. The Labute approximate surface area is 247 Å². The molecule has 4 N–H and O–H groups in total. The summed E-state index contributed by atoms with van der Waals surface area (Å²) in [6, 6.07) is 53.9. The van der Waals surface area contributed by atoms with Gasteiger partial charge in [0.25, 0.3) is 0 Å². The molecule has 206 valence electrons. The van der Waals surface area contributed by atoms with Gasteiger partial charge in [-0.2, -0.15) is 0 Å². The summed E-state index contributed by atoms with van der Waals surface area (Å²) in [4.78, 5) is 2.18. The molecule has 0 aliphatic carbocycles. The molecule has 0 bridgehead atoms. The third kappa shape index (κ3) is 6.90. The summed E-state index contributed by atoms with van der Waals surface area (Å²) in [5.74, 6) is 0. The van der Waals surface area contributed by atoms with Crippen LogP contribution in [0.25, 0.3) is 0 Å². The second-order valence-corrected chi connectivity index (χ2v) is 10.0. The van der Waals surface area contributed by atoms with E-state index in [0.717, 1.165) is 56.9 Å². The molecule has 42 heavy (non-hydrogen) atoms. The minimum atomic E-state index is 1.04. The van der Waals surface area contributed by atoms with Crippen LogP contribution in [0, 0.1) is 0 Å². The van der Waals surface area contributed by atoms with Gasteiger partial charge in [-0.25, -0.2) is 0 Å². The Hall–Kier alpha value is -5.68. The molecule has 0 atom stereocenters. The van der Waals surface area contributed by atoms with Crippen molar-refractivity contribution in [1.82, 2.24) is 0 Å². The average molecular weight is 548 g/mol. The minimum Gasteiger partial charge on any atom is -0.356 e. The van der Waals surface area contributed by atoms with Crippen molar-refractivity contribution >= 4 is 56.9 Å². The average Bonchev–Trinajstić information content (AvgIpc) is 3.04. The first-order valence-corrected chi connectivity index (χ1v) is 14.0. The van der Waals surface area contributed by atoms with Gasteiger partial charge >= 0.3 is 0 Å². The number of anilines is 10. The Morgan fingerprint density at radius 1 is 0.286 bits per heavy atom. The van der Waals surface area contributed by atoms with Crippen LogP contribution in [-0.4, -0.2) is 7.05 Å². The van der Waals surface area contributed by atoms with Crippen LogP contribution in [-0.2, 0) is 0 Å². The summed E-state index contributed by atoms with van der Waals surface area (Å²) in [6.45, 7) is 0. The fraction of sp³-hybridized carbons (Fsp3) is 0.0270. The topological polar surface area (TPSA) is 51.4 Å². The Morgan fingerprint density at radius 3 is 0.762 bits per heavy atom. The van der Waals surface area contributed by atoms with Crippen molar-refractivity contribution in [2.24, 2.45) is 0 Å².